The van der Waals surface area contributed by atoms with Crippen LogP contribution in [0.3, 0.4) is 0 Å². The lowest BCUT2D eigenvalue weighted by Crippen LogP contribution is -2.41. The fourth-order valence-electron chi connectivity index (χ4n) is 3.16. The monoisotopic (exact) mass is 346 g/mol. The van der Waals surface area contributed by atoms with Crippen LogP contribution in [0.1, 0.15) is 35.6 Å². The van der Waals surface area contributed by atoms with Crippen molar-refractivity contribution in [3.63, 3.8) is 0 Å². The lowest BCUT2D eigenvalue weighted by molar-refractivity contribution is 0.300. The van der Waals surface area contributed by atoms with Gasteiger partial charge in [0.25, 0.3) is 10.0 Å². The zero-order chi connectivity index (χ0) is 17.3. The number of benzene rings is 2. The van der Waals surface area contributed by atoms with E-state index in [1.807, 2.05) is 25.1 Å². The van der Waals surface area contributed by atoms with Crippen LogP contribution in [0.15, 0.2) is 47.4 Å². The number of fused-ring (bicyclic) bond motifs is 1. The van der Waals surface area contributed by atoms with Crippen molar-refractivity contribution >= 4 is 10.0 Å². The Morgan fingerprint density at radius 1 is 1.17 bits per heavy atom. The van der Waals surface area contributed by atoms with Crippen LogP contribution < -0.4 is 10.6 Å². The van der Waals surface area contributed by atoms with E-state index in [2.05, 4.69) is 0 Å². The summed E-state index contributed by atoms with van der Waals surface area (Å²) in [7, 11) is -2.11. The molecule has 3 rings (SSSR count). The van der Waals surface area contributed by atoms with Crippen molar-refractivity contribution in [3.05, 3.63) is 59.2 Å². The second-order valence-electron chi connectivity index (χ2n) is 6.12. The molecule has 0 amide bonds. The molecule has 0 aromatic heterocycles. The molecule has 6 heteroatoms. The van der Waals surface area contributed by atoms with E-state index < -0.39 is 10.0 Å². The summed E-state index contributed by atoms with van der Waals surface area (Å²) in [6.45, 7) is 1.92. The number of nitrogens with zero attached hydrogens (tertiary/aromatic N) is 1. The van der Waals surface area contributed by atoms with E-state index in [9.17, 15) is 8.42 Å². The molecule has 1 atom stereocenters. The lowest BCUT2D eigenvalue weighted by atomic mass is 9.88. The third-order valence-corrected chi connectivity index (χ3v) is 6.21. The molecule has 0 radical (unpaired) electrons. The highest BCUT2D eigenvalue weighted by atomic mass is 32.2. The van der Waals surface area contributed by atoms with Crippen molar-refractivity contribution in [1.29, 1.82) is 0 Å². The molecule has 0 bridgehead atoms. The highest BCUT2D eigenvalue weighted by Crippen LogP contribution is 2.37. The van der Waals surface area contributed by atoms with Crippen LogP contribution in [-0.2, 0) is 16.4 Å². The average Bonchev–Trinajstić information content (AvgIpc) is 2.60. The van der Waals surface area contributed by atoms with Gasteiger partial charge in [-0.05, 0) is 61.6 Å². The van der Waals surface area contributed by atoms with Crippen LogP contribution in [0.4, 0.5) is 0 Å². The van der Waals surface area contributed by atoms with Gasteiger partial charge in [0.15, 0.2) is 0 Å². The van der Waals surface area contributed by atoms with Gasteiger partial charge in [-0.1, -0.05) is 23.8 Å². The Balaban J connectivity index is 1.96. The third kappa shape index (κ3) is 3.05. The summed E-state index contributed by atoms with van der Waals surface area (Å²) in [6, 6.07) is 12.1. The van der Waals surface area contributed by atoms with Crippen molar-refractivity contribution in [3.8, 4) is 5.75 Å². The molecule has 2 N–H and O–H groups in total. The molecule has 2 aromatic rings. The van der Waals surface area contributed by atoms with E-state index in [0.717, 1.165) is 39.7 Å². The van der Waals surface area contributed by atoms with Gasteiger partial charge < -0.3 is 4.74 Å². The number of sulfonamides is 1. The minimum atomic E-state index is -3.73. The van der Waals surface area contributed by atoms with E-state index in [1.165, 1.54) is 0 Å². The number of ether oxygens (including phenoxy) is 1. The molecule has 0 saturated carbocycles. The van der Waals surface area contributed by atoms with E-state index in [0.29, 0.717) is 6.42 Å². The Hall–Kier alpha value is -1.89. The summed E-state index contributed by atoms with van der Waals surface area (Å²) in [6.07, 6.45) is 2.50. The Bertz CT molecular complexity index is 832. The minimum absolute atomic E-state index is 0.219. The molecule has 128 valence electrons. The molecule has 2 aromatic carbocycles. The maximum Gasteiger partial charge on any atom is 0.256 e. The number of nitrogens with two attached hydrogens (primary N) is 1. The Morgan fingerprint density at radius 2 is 1.88 bits per heavy atom. The van der Waals surface area contributed by atoms with Crippen LogP contribution >= 0.6 is 0 Å². The molecule has 0 heterocycles. The second-order valence-corrected chi connectivity index (χ2v) is 7.96. The number of rotatable bonds is 4. The van der Waals surface area contributed by atoms with Gasteiger partial charge in [-0.25, -0.2) is 8.42 Å². The summed E-state index contributed by atoms with van der Waals surface area (Å²) in [5.74, 6) is 6.87. The zero-order valence-corrected chi connectivity index (χ0v) is 14.7. The normalized spacial score (nSPS) is 17.6. The van der Waals surface area contributed by atoms with Crippen molar-refractivity contribution in [2.24, 2.45) is 5.84 Å². The topological polar surface area (TPSA) is 72.6 Å². The Labute approximate surface area is 143 Å². The first-order valence-corrected chi connectivity index (χ1v) is 9.40. The third-order valence-electron chi connectivity index (χ3n) is 4.54. The largest absolute Gasteiger partial charge is 0.497 e. The molecule has 5 nitrogen and oxygen atoms in total. The number of aryl methyl sites for hydroxylation is 2. The van der Waals surface area contributed by atoms with E-state index in [1.54, 1.807) is 31.4 Å². The predicted molar refractivity (Wildman–Crippen MR) is 93.1 cm³/mol. The standard InChI is InChI=1S/C18H22N2O3S/c1-13-6-9-16(10-7-13)24(21,22)20(19)18-5-3-4-14-12-15(23-2)8-11-17(14)18/h6-12,18H,3-5,19H2,1-2H3. The van der Waals surface area contributed by atoms with Crippen LogP contribution in [0.25, 0.3) is 0 Å². The maximum absolute atomic E-state index is 12.9. The molecule has 1 aliphatic rings. The first-order chi connectivity index (χ1) is 11.4. The summed E-state index contributed by atoms with van der Waals surface area (Å²) < 4.78 is 32.0. The number of methoxy groups -OCH3 is 1. The molecule has 24 heavy (non-hydrogen) atoms. The van der Waals surface area contributed by atoms with Crippen molar-refractivity contribution in [1.82, 2.24) is 4.41 Å². The van der Waals surface area contributed by atoms with E-state index in [-0.39, 0.29) is 10.9 Å². The van der Waals surface area contributed by atoms with E-state index in [4.69, 9.17) is 10.6 Å². The fraction of sp³-hybridized carbons (Fsp3) is 0.333. The number of hydrogen-bond donors (Lipinski definition) is 1. The quantitative estimate of drug-likeness (QED) is 0.682. The number of hydrogen-bond acceptors (Lipinski definition) is 4. The highest BCUT2D eigenvalue weighted by molar-refractivity contribution is 7.89. The van der Waals surface area contributed by atoms with Crippen LogP contribution in [0, 0.1) is 6.92 Å². The first-order valence-electron chi connectivity index (χ1n) is 7.96. The molecule has 1 unspecified atom stereocenters. The first kappa shape index (κ1) is 17.0. The molecule has 0 saturated heterocycles. The van der Waals surface area contributed by atoms with E-state index >= 15 is 0 Å². The molecular weight excluding hydrogens is 324 g/mol. The predicted octanol–water partition coefficient (Wildman–Crippen LogP) is 2.95. The van der Waals surface area contributed by atoms with Gasteiger partial charge in [0.05, 0.1) is 18.0 Å². The molecule has 0 spiro atoms. The number of hydrazine groups is 1. The smallest absolute Gasteiger partial charge is 0.256 e. The van der Waals surface area contributed by atoms with Crippen LogP contribution in [-0.4, -0.2) is 19.9 Å². The van der Waals surface area contributed by atoms with Crippen molar-refractivity contribution in [2.45, 2.75) is 37.1 Å². The SMILES string of the molecule is COc1ccc2c(c1)CCCC2N(N)S(=O)(=O)c1ccc(C)cc1. The molecule has 0 fully saturated rings. The van der Waals surface area contributed by atoms with Crippen molar-refractivity contribution < 1.29 is 13.2 Å². The van der Waals surface area contributed by atoms with Gasteiger partial charge in [0, 0.05) is 0 Å². The maximum atomic E-state index is 12.9. The second kappa shape index (κ2) is 6.55. The zero-order valence-electron chi connectivity index (χ0n) is 13.9. The van der Waals surface area contributed by atoms with Crippen LogP contribution in [0.2, 0.25) is 0 Å². The Kier molecular flexibility index (Phi) is 4.62. The van der Waals surface area contributed by atoms with Crippen molar-refractivity contribution in [2.75, 3.05) is 7.11 Å². The van der Waals surface area contributed by atoms with Gasteiger partial charge in [-0.15, -0.1) is 4.41 Å². The van der Waals surface area contributed by atoms with Gasteiger partial charge in [0.1, 0.15) is 5.75 Å². The highest BCUT2D eigenvalue weighted by Gasteiger charge is 2.33. The molecular formula is C18H22N2O3S. The average molecular weight is 346 g/mol. The molecule has 1 aliphatic carbocycles. The van der Waals surface area contributed by atoms with Gasteiger partial charge in [-0.3, -0.25) is 5.84 Å². The minimum Gasteiger partial charge on any atom is -0.497 e. The molecule has 0 aliphatic heterocycles. The summed E-state index contributed by atoms with van der Waals surface area (Å²) in [5, 5.41) is 0. The van der Waals surface area contributed by atoms with Gasteiger partial charge >= 0.3 is 0 Å². The van der Waals surface area contributed by atoms with Gasteiger partial charge in [-0.2, -0.15) is 0 Å². The summed E-state index contributed by atoms with van der Waals surface area (Å²) in [4.78, 5) is 0.219. The van der Waals surface area contributed by atoms with Crippen LogP contribution in [0.5, 0.6) is 5.75 Å². The fourth-order valence-corrected chi connectivity index (χ4v) is 4.43. The Morgan fingerprint density at radius 3 is 2.54 bits per heavy atom. The lowest BCUT2D eigenvalue weighted by Gasteiger charge is -2.32. The summed E-state index contributed by atoms with van der Waals surface area (Å²) in [5.41, 5.74) is 3.06. The summed E-state index contributed by atoms with van der Waals surface area (Å²) >= 11 is 0. The van der Waals surface area contributed by atoms with Gasteiger partial charge in [0.2, 0.25) is 0 Å².